The van der Waals surface area contributed by atoms with Crippen molar-refractivity contribution in [3.8, 4) is 0 Å². The number of hydrogen-bond donors (Lipinski definition) is 1. The molecule has 118 valence electrons. The maximum absolute atomic E-state index is 12.4. The minimum atomic E-state index is -3.43. The number of rotatable bonds is 5. The molecule has 1 N–H and O–H groups in total. The van der Waals surface area contributed by atoms with Gasteiger partial charge in [0.25, 0.3) is 0 Å². The average molecular weight is 336 g/mol. The summed E-state index contributed by atoms with van der Waals surface area (Å²) >= 11 is 1.57. The molecule has 1 heterocycles. The Balaban J connectivity index is 1.69. The van der Waals surface area contributed by atoms with Crippen LogP contribution in [0, 0.1) is 6.92 Å². The average Bonchev–Trinajstić information content (AvgIpc) is 2.92. The van der Waals surface area contributed by atoms with E-state index >= 15 is 0 Å². The Morgan fingerprint density at radius 2 is 2.00 bits per heavy atom. The predicted octanol–water partition coefficient (Wildman–Crippen LogP) is 2.85. The van der Waals surface area contributed by atoms with Gasteiger partial charge in [-0.2, -0.15) is 0 Å². The number of thiazole rings is 1. The summed E-state index contributed by atoms with van der Waals surface area (Å²) < 4.78 is 27.5. The van der Waals surface area contributed by atoms with Crippen LogP contribution in [0.25, 0.3) is 0 Å². The first-order chi connectivity index (χ1) is 10.6. The minimum absolute atomic E-state index is 0.383. The monoisotopic (exact) mass is 336 g/mol. The Kier molecular flexibility index (Phi) is 4.61. The summed E-state index contributed by atoms with van der Waals surface area (Å²) in [6.07, 6.45) is 5.08. The first kappa shape index (κ1) is 15.6. The van der Waals surface area contributed by atoms with Crippen molar-refractivity contribution in [3.05, 3.63) is 45.4 Å². The number of fused-ring (bicyclic) bond motifs is 1. The molecule has 4 nitrogen and oxygen atoms in total. The van der Waals surface area contributed by atoms with Crippen molar-refractivity contribution >= 4 is 21.4 Å². The molecular formula is C16H20N2O2S2. The van der Waals surface area contributed by atoms with Crippen molar-refractivity contribution in [2.75, 3.05) is 6.54 Å². The lowest BCUT2D eigenvalue weighted by Gasteiger charge is -2.16. The number of benzene rings is 1. The summed E-state index contributed by atoms with van der Waals surface area (Å²) in [5.41, 5.74) is 5.26. The number of aromatic nitrogens is 1. The quantitative estimate of drug-likeness (QED) is 0.913. The second-order valence-electron chi connectivity index (χ2n) is 5.65. The van der Waals surface area contributed by atoms with Gasteiger partial charge in [-0.25, -0.2) is 18.1 Å². The molecule has 0 amide bonds. The molecule has 0 atom stereocenters. The molecule has 0 fully saturated rings. The molecule has 0 saturated carbocycles. The van der Waals surface area contributed by atoms with Gasteiger partial charge in [0.2, 0.25) is 10.0 Å². The van der Waals surface area contributed by atoms with Gasteiger partial charge in [-0.05, 0) is 62.3 Å². The zero-order valence-electron chi connectivity index (χ0n) is 12.6. The van der Waals surface area contributed by atoms with Crippen molar-refractivity contribution in [3.63, 3.8) is 0 Å². The molecule has 1 aliphatic carbocycles. The van der Waals surface area contributed by atoms with E-state index in [4.69, 9.17) is 0 Å². The van der Waals surface area contributed by atoms with E-state index in [0.29, 0.717) is 17.9 Å². The smallest absolute Gasteiger partial charge is 0.240 e. The van der Waals surface area contributed by atoms with Crippen LogP contribution in [0.4, 0.5) is 0 Å². The summed E-state index contributed by atoms with van der Waals surface area (Å²) in [6, 6.07) is 5.54. The lowest BCUT2D eigenvalue weighted by molar-refractivity contribution is 0.581. The fraction of sp³-hybridized carbons (Fsp3) is 0.438. The van der Waals surface area contributed by atoms with Crippen LogP contribution in [0.1, 0.15) is 34.5 Å². The van der Waals surface area contributed by atoms with Crippen LogP contribution in [-0.2, 0) is 29.3 Å². The zero-order chi connectivity index (χ0) is 15.6. The van der Waals surface area contributed by atoms with Gasteiger partial charge in [-0.3, -0.25) is 0 Å². The molecule has 0 unspecified atom stereocenters. The van der Waals surface area contributed by atoms with E-state index in [1.165, 1.54) is 17.5 Å². The standard InChI is InChI=1S/C16H20N2O2S2/c1-12-16(21-11-17-12)8-9-18-22(19,20)15-7-6-13-4-2-3-5-14(13)10-15/h6-7,10-11,18H,2-5,8-9H2,1H3. The Bertz CT molecular complexity index is 766. The van der Waals surface area contributed by atoms with Crippen LogP contribution in [-0.4, -0.2) is 19.9 Å². The third-order valence-corrected chi connectivity index (χ3v) is 6.57. The molecule has 2 aromatic rings. The SMILES string of the molecule is Cc1ncsc1CCNS(=O)(=O)c1ccc2c(c1)CCCC2. The van der Waals surface area contributed by atoms with Crippen molar-refractivity contribution < 1.29 is 8.42 Å². The third kappa shape index (κ3) is 3.39. The summed E-state index contributed by atoms with van der Waals surface area (Å²) in [5, 5.41) is 0. The van der Waals surface area contributed by atoms with Crippen molar-refractivity contribution in [2.45, 2.75) is 43.9 Å². The van der Waals surface area contributed by atoms with E-state index in [0.717, 1.165) is 29.8 Å². The van der Waals surface area contributed by atoms with Crippen molar-refractivity contribution in [1.29, 1.82) is 0 Å². The van der Waals surface area contributed by atoms with Crippen LogP contribution < -0.4 is 4.72 Å². The molecule has 22 heavy (non-hydrogen) atoms. The number of nitrogens with zero attached hydrogens (tertiary/aromatic N) is 1. The van der Waals surface area contributed by atoms with Crippen molar-refractivity contribution in [2.24, 2.45) is 0 Å². The predicted molar refractivity (Wildman–Crippen MR) is 88.8 cm³/mol. The molecule has 1 aromatic heterocycles. The zero-order valence-corrected chi connectivity index (χ0v) is 14.3. The van der Waals surface area contributed by atoms with Gasteiger partial charge >= 0.3 is 0 Å². The van der Waals surface area contributed by atoms with E-state index in [-0.39, 0.29) is 0 Å². The number of sulfonamides is 1. The highest BCUT2D eigenvalue weighted by atomic mass is 32.2. The first-order valence-electron chi connectivity index (χ1n) is 7.57. The Morgan fingerprint density at radius 3 is 2.73 bits per heavy atom. The van der Waals surface area contributed by atoms with Gasteiger partial charge in [0, 0.05) is 11.4 Å². The van der Waals surface area contributed by atoms with E-state index in [1.807, 2.05) is 19.1 Å². The highest BCUT2D eigenvalue weighted by Crippen LogP contribution is 2.24. The number of aryl methyl sites for hydroxylation is 3. The maximum Gasteiger partial charge on any atom is 0.240 e. The van der Waals surface area contributed by atoms with E-state index in [2.05, 4.69) is 9.71 Å². The number of nitrogens with one attached hydrogen (secondary N) is 1. The topological polar surface area (TPSA) is 59.1 Å². The van der Waals surface area contributed by atoms with Crippen molar-refractivity contribution in [1.82, 2.24) is 9.71 Å². The van der Waals surface area contributed by atoms with E-state index in [9.17, 15) is 8.42 Å². The Labute approximate surface area is 135 Å². The summed E-state index contributed by atoms with van der Waals surface area (Å²) in [5.74, 6) is 0. The fourth-order valence-corrected chi connectivity index (χ4v) is 4.69. The van der Waals surface area contributed by atoms with Crippen LogP contribution in [0.15, 0.2) is 28.6 Å². The van der Waals surface area contributed by atoms with Gasteiger partial charge in [0.05, 0.1) is 16.1 Å². The van der Waals surface area contributed by atoms with Crippen LogP contribution in [0.5, 0.6) is 0 Å². The van der Waals surface area contributed by atoms with Gasteiger partial charge in [-0.15, -0.1) is 11.3 Å². The molecule has 0 spiro atoms. The molecule has 0 aliphatic heterocycles. The maximum atomic E-state index is 12.4. The molecular weight excluding hydrogens is 316 g/mol. The van der Waals surface area contributed by atoms with Gasteiger partial charge < -0.3 is 0 Å². The molecule has 6 heteroatoms. The summed E-state index contributed by atoms with van der Waals surface area (Å²) in [6.45, 7) is 2.35. The largest absolute Gasteiger partial charge is 0.250 e. The fourth-order valence-electron chi connectivity index (χ4n) is 2.83. The van der Waals surface area contributed by atoms with Crippen LogP contribution in [0.3, 0.4) is 0 Å². The second-order valence-corrected chi connectivity index (χ2v) is 8.35. The first-order valence-corrected chi connectivity index (χ1v) is 9.93. The van der Waals surface area contributed by atoms with Gasteiger partial charge in [-0.1, -0.05) is 6.07 Å². The highest BCUT2D eigenvalue weighted by molar-refractivity contribution is 7.89. The number of hydrogen-bond acceptors (Lipinski definition) is 4. The van der Waals surface area contributed by atoms with E-state index < -0.39 is 10.0 Å². The molecule has 0 radical (unpaired) electrons. The third-order valence-electron chi connectivity index (χ3n) is 4.12. The Morgan fingerprint density at radius 1 is 1.23 bits per heavy atom. The normalized spacial score (nSPS) is 14.8. The second kappa shape index (κ2) is 6.48. The molecule has 1 aliphatic rings. The van der Waals surface area contributed by atoms with E-state index in [1.54, 1.807) is 22.9 Å². The van der Waals surface area contributed by atoms with Crippen LogP contribution >= 0.6 is 11.3 Å². The molecule has 3 rings (SSSR count). The van der Waals surface area contributed by atoms with Gasteiger partial charge in [0.1, 0.15) is 0 Å². The summed E-state index contributed by atoms with van der Waals surface area (Å²) in [4.78, 5) is 5.70. The van der Waals surface area contributed by atoms with Gasteiger partial charge in [0.15, 0.2) is 0 Å². The molecule has 0 saturated heterocycles. The molecule has 1 aromatic carbocycles. The molecule has 0 bridgehead atoms. The minimum Gasteiger partial charge on any atom is -0.250 e. The lowest BCUT2D eigenvalue weighted by Crippen LogP contribution is -2.26. The van der Waals surface area contributed by atoms with Crippen LogP contribution in [0.2, 0.25) is 0 Å². The lowest BCUT2D eigenvalue weighted by atomic mass is 9.92. The Hall–Kier alpha value is -1.24. The summed E-state index contributed by atoms with van der Waals surface area (Å²) in [7, 11) is -3.43. The highest BCUT2D eigenvalue weighted by Gasteiger charge is 2.17.